The maximum absolute atomic E-state index is 12.1. The van der Waals surface area contributed by atoms with E-state index in [1.165, 1.54) is 4.57 Å². The van der Waals surface area contributed by atoms with Gasteiger partial charge in [-0.15, -0.1) is 0 Å². The lowest BCUT2D eigenvalue weighted by molar-refractivity contribution is -0.0337. The number of carbonyl (C=O) groups is 1. The van der Waals surface area contributed by atoms with Crippen molar-refractivity contribution in [3.8, 4) is 0 Å². The van der Waals surface area contributed by atoms with Crippen LogP contribution in [0.15, 0.2) is 53.6 Å². The zero-order valence-corrected chi connectivity index (χ0v) is 13.4. The van der Waals surface area contributed by atoms with Gasteiger partial charge in [0.25, 0.3) is 0 Å². The van der Waals surface area contributed by atoms with Crippen LogP contribution in [0.4, 0.5) is 0 Å². The Morgan fingerprint density at radius 2 is 2.12 bits per heavy atom. The van der Waals surface area contributed by atoms with Crippen molar-refractivity contribution in [3.63, 3.8) is 0 Å². The quantitative estimate of drug-likeness (QED) is 0.737. The van der Waals surface area contributed by atoms with Crippen molar-refractivity contribution in [1.29, 1.82) is 0 Å². The first-order chi connectivity index (χ1) is 12.2. The number of hydrogen-bond donors (Lipinski definition) is 1. The molecule has 1 saturated heterocycles. The van der Waals surface area contributed by atoms with E-state index in [9.17, 15) is 9.59 Å². The maximum atomic E-state index is 12.1. The van der Waals surface area contributed by atoms with Crippen LogP contribution in [-0.4, -0.2) is 33.2 Å². The van der Waals surface area contributed by atoms with Crippen molar-refractivity contribution in [1.82, 2.24) is 14.5 Å². The number of aromatic amines is 1. The van der Waals surface area contributed by atoms with Crippen LogP contribution in [-0.2, 0) is 9.47 Å². The molecule has 7 nitrogen and oxygen atoms in total. The molecule has 1 fully saturated rings. The molecule has 0 saturated carbocycles. The fourth-order valence-electron chi connectivity index (χ4n) is 2.98. The summed E-state index contributed by atoms with van der Waals surface area (Å²) in [5.74, 6) is -0.375. The number of aromatic nitrogens is 3. The molecule has 2 unspecified atom stereocenters. The van der Waals surface area contributed by atoms with Gasteiger partial charge in [-0.3, -0.25) is 4.57 Å². The van der Waals surface area contributed by atoms with Gasteiger partial charge in [-0.05, 0) is 31.0 Å². The predicted octanol–water partition coefficient (Wildman–Crippen LogP) is 2.26. The lowest BCUT2D eigenvalue weighted by Crippen LogP contribution is -2.27. The summed E-state index contributed by atoms with van der Waals surface area (Å²) in [6, 6.07) is 10.7. The standard InChI is InChI=1S/C18H17N3O4/c22-17(12-4-2-1-3-5-12)24-11-14-6-7-15(25-14)21-10-13-8-9-19-16(13)20-18(21)23/h1-5,8-10,14-15H,6-7,11H2,(H,19,20,23). The van der Waals surface area contributed by atoms with E-state index in [4.69, 9.17) is 9.47 Å². The van der Waals surface area contributed by atoms with Gasteiger partial charge in [0.15, 0.2) is 0 Å². The molecule has 0 bridgehead atoms. The molecule has 0 radical (unpaired) electrons. The highest BCUT2D eigenvalue weighted by molar-refractivity contribution is 5.89. The van der Waals surface area contributed by atoms with Gasteiger partial charge in [-0.1, -0.05) is 18.2 Å². The van der Waals surface area contributed by atoms with Crippen molar-refractivity contribution in [3.05, 3.63) is 64.8 Å². The number of esters is 1. The number of rotatable bonds is 4. The summed E-state index contributed by atoms with van der Waals surface area (Å²) in [7, 11) is 0. The number of ether oxygens (including phenoxy) is 2. The van der Waals surface area contributed by atoms with Crippen molar-refractivity contribution >= 4 is 17.0 Å². The summed E-state index contributed by atoms with van der Waals surface area (Å²) in [6.45, 7) is 0.165. The van der Waals surface area contributed by atoms with E-state index in [2.05, 4.69) is 9.97 Å². The van der Waals surface area contributed by atoms with E-state index < -0.39 is 0 Å². The molecule has 128 valence electrons. The van der Waals surface area contributed by atoms with Gasteiger partial charge in [0.1, 0.15) is 18.5 Å². The minimum Gasteiger partial charge on any atom is -0.459 e. The molecule has 3 aromatic rings. The number of nitrogens with one attached hydrogen (secondary N) is 1. The Morgan fingerprint density at radius 1 is 1.28 bits per heavy atom. The summed E-state index contributed by atoms with van der Waals surface area (Å²) in [5.41, 5.74) is 0.713. The normalized spacial score (nSPS) is 20.0. The Labute approximate surface area is 143 Å². The monoisotopic (exact) mass is 339 g/mol. The van der Waals surface area contributed by atoms with Gasteiger partial charge in [0, 0.05) is 17.8 Å². The van der Waals surface area contributed by atoms with Crippen molar-refractivity contribution in [2.75, 3.05) is 6.61 Å². The third-order valence-corrected chi connectivity index (χ3v) is 4.27. The second kappa shape index (κ2) is 6.52. The molecule has 0 spiro atoms. The molecular weight excluding hydrogens is 322 g/mol. The predicted molar refractivity (Wildman–Crippen MR) is 90.2 cm³/mol. The summed E-state index contributed by atoms with van der Waals surface area (Å²) >= 11 is 0. The number of fused-ring (bicyclic) bond motifs is 1. The molecule has 0 amide bonds. The number of nitrogens with zero attached hydrogens (tertiary/aromatic N) is 2. The second-order valence-corrected chi connectivity index (χ2v) is 5.97. The summed E-state index contributed by atoms with van der Waals surface area (Å²) in [4.78, 5) is 31.0. The minimum atomic E-state index is -0.389. The number of carbonyl (C=O) groups excluding carboxylic acids is 1. The van der Waals surface area contributed by atoms with E-state index in [-0.39, 0.29) is 30.6 Å². The zero-order valence-electron chi connectivity index (χ0n) is 13.4. The first kappa shape index (κ1) is 15.6. The van der Waals surface area contributed by atoms with E-state index in [1.54, 1.807) is 36.7 Å². The SMILES string of the molecule is O=C(OCC1CCC(n2cc3cc[nH]c3nc2=O)O1)c1ccccc1. The van der Waals surface area contributed by atoms with Gasteiger partial charge in [0.05, 0.1) is 11.7 Å². The molecule has 1 N–H and O–H groups in total. The zero-order chi connectivity index (χ0) is 17.2. The Bertz CT molecular complexity index is 948. The Balaban J connectivity index is 1.40. The van der Waals surface area contributed by atoms with Crippen LogP contribution in [0.3, 0.4) is 0 Å². The summed E-state index contributed by atoms with van der Waals surface area (Å²) in [5, 5.41) is 0.849. The average Bonchev–Trinajstić information content (AvgIpc) is 3.28. The Kier molecular flexibility index (Phi) is 4.07. The van der Waals surface area contributed by atoms with Crippen LogP contribution in [0.5, 0.6) is 0 Å². The van der Waals surface area contributed by atoms with Crippen LogP contribution in [0.25, 0.3) is 11.0 Å². The molecule has 2 aromatic heterocycles. The van der Waals surface area contributed by atoms with Gasteiger partial charge in [-0.2, -0.15) is 4.98 Å². The second-order valence-electron chi connectivity index (χ2n) is 5.97. The molecule has 1 aliphatic rings. The third-order valence-electron chi connectivity index (χ3n) is 4.27. The van der Waals surface area contributed by atoms with Gasteiger partial charge >= 0.3 is 11.7 Å². The van der Waals surface area contributed by atoms with Crippen molar-refractivity contribution in [2.24, 2.45) is 0 Å². The highest BCUT2D eigenvalue weighted by atomic mass is 16.6. The molecule has 2 atom stereocenters. The third kappa shape index (κ3) is 3.18. The smallest absolute Gasteiger partial charge is 0.351 e. The van der Waals surface area contributed by atoms with Crippen LogP contribution in [0, 0.1) is 0 Å². The number of benzene rings is 1. The molecular formula is C18H17N3O4. The van der Waals surface area contributed by atoms with Crippen molar-refractivity contribution < 1.29 is 14.3 Å². The minimum absolute atomic E-state index is 0.165. The molecule has 25 heavy (non-hydrogen) atoms. The average molecular weight is 339 g/mol. The van der Waals surface area contributed by atoms with Crippen LogP contribution in [0.2, 0.25) is 0 Å². The summed E-state index contributed by atoms with van der Waals surface area (Å²) in [6.07, 6.45) is 4.24. The number of H-pyrrole nitrogens is 1. The molecule has 3 heterocycles. The van der Waals surface area contributed by atoms with Gasteiger partial charge in [0.2, 0.25) is 0 Å². The van der Waals surface area contributed by atoms with Gasteiger partial charge in [-0.25, -0.2) is 9.59 Å². The van der Waals surface area contributed by atoms with E-state index in [0.29, 0.717) is 24.1 Å². The topological polar surface area (TPSA) is 86.2 Å². The first-order valence-electron chi connectivity index (χ1n) is 8.14. The summed E-state index contributed by atoms with van der Waals surface area (Å²) < 4.78 is 12.7. The molecule has 4 rings (SSSR count). The largest absolute Gasteiger partial charge is 0.459 e. The molecule has 1 aromatic carbocycles. The van der Waals surface area contributed by atoms with Crippen LogP contribution in [0.1, 0.15) is 29.4 Å². The fourth-order valence-corrected chi connectivity index (χ4v) is 2.98. The van der Waals surface area contributed by atoms with E-state index in [1.807, 2.05) is 12.1 Å². The number of hydrogen-bond acceptors (Lipinski definition) is 5. The Hall–Kier alpha value is -2.93. The van der Waals surface area contributed by atoms with Crippen LogP contribution < -0.4 is 5.69 Å². The van der Waals surface area contributed by atoms with E-state index >= 15 is 0 Å². The highest BCUT2D eigenvalue weighted by Gasteiger charge is 2.28. The maximum Gasteiger partial charge on any atom is 0.351 e. The molecule has 1 aliphatic heterocycles. The molecule has 7 heteroatoms. The fraction of sp³-hybridized carbons (Fsp3) is 0.278. The highest BCUT2D eigenvalue weighted by Crippen LogP contribution is 2.28. The van der Waals surface area contributed by atoms with E-state index in [0.717, 1.165) is 5.39 Å². The molecule has 0 aliphatic carbocycles. The first-order valence-corrected chi connectivity index (χ1v) is 8.14. The van der Waals surface area contributed by atoms with Crippen LogP contribution >= 0.6 is 0 Å². The van der Waals surface area contributed by atoms with Crippen molar-refractivity contribution in [2.45, 2.75) is 25.2 Å². The van der Waals surface area contributed by atoms with Gasteiger partial charge < -0.3 is 14.5 Å². The Morgan fingerprint density at radius 3 is 2.96 bits per heavy atom. The lowest BCUT2D eigenvalue weighted by Gasteiger charge is -2.15. The lowest BCUT2D eigenvalue weighted by atomic mass is 10.2.